The lowest BCUT2D eigenvalue weighted by Gasteiger charge is -2.05. The molecule has 0 atom stereocenters. The van der Waals surface area contributed by atoms with E-state index in [2.05, 4.69) is 46.9 Å². The van der Waals surface area contributed by atoms with E-state index in [1.165, 1.54) is 0 Å². The molecule has 4 nitrogen and oxygen atoms in total. The van der Waals surface area contributed by atoms with Crippen LogP contribution >= 0.6 is 31.9 Å². The van der Waals surface area contributed by atoms with E-state index in [0.717, 1.165) is 26.2 Å². The fourth-order valence-corrected chi connectivity index (χ4v) is 2.22. The second kappa shape index (κ2) is 5.22. The van der Waals surface area contributed by atoms with Crippen LogP contribution in [0.4, 0.5) is 0 Å². The maximum absolute atomic E-state index is 4.31. The number of hydrogen-bond donors (Lipinski definition) is 0. The molecular formula is C13H8Br2N4. The number of halogens is 2. The van der Waals surface area contributed by atoms with Gasteiger partial charge in [0.2, 0.25) is 0 Å². The largest absolute Gasteiger partial charge is 0.247 e. The molecule has 0 aliphatic heterocycles. The quantitative estimate of drug-likeness (QED) is 0.635. The Labute approximate surface area is 126 Å². The van der Waals surface area contributed by atoms with E-state index >= 15 is 0 Å². The smallest absolute Gasteiger partial charge is 0.163 e. The van der Waals surface area contributed by atoms with Crippen LogP contribution in [0, 0.1) is 0 Å². The number of aromatic nitrogens is 4. The summed E-state index contributed by atoms with van der Waals surface area (Å²) in [6.45, 7) is 0. The first-order chi connectivity index (χ1) is 9.24. The summed E-state index contributed by atoms with van der Waals surface area (Å²) in [7, 11) is 0. The van der Waals surface area contributed by atoms with Gasteiger partial charge in [0.05, 0.1) is 11.9 Å². The van der Waals surface area contributed by atoms with E-state index < -0.39 is 0 Å². The molecule has 0 saturated heterocycles. The van der Waals surface area contributed by atoms with Crippen molar-refractivity contribution in [1.82, 2.24) is 19.7 Å². The van der Waals surface area contributed by atoms with Crippen molar-refractivity contribution in [3.8, 4) is 17.1 Å². The molecule has 94 valence electrons. The first-order valence-electron chi connectivity index (χ1n) is 5.52. The van der Waals surface area contributed by atoms with Crippen molar-refractivity contribution in [3.05, 3.63) is 58.0 Å². The summed E-state index contributed by atoms with van der Waals surface area (Å²) in [6, 6.07) is 11.8. The minimum atomic E-state index is 0.789. The van der Waals surface area contributed by atoms with Gasteiger partial charge in [0, 0.05) is 10.0 Å². The van der Waals surface area contributed by atoms with Gasteiger partial charge in [-0.3, -0.25) is 0 Å². The summed E-state index contributed by atoms with van der Waals surface area (Å²) in [5.74, 6) is 0.789. The van der Waals surface area contributed by atoms with Gasteiger partial charge in [0.15, 0.2) is 5.82 Å². The van der Waals surface area contributed by atoms with Crippen LogP contribution in [-0.2, 0) is 0 Å². The van der Waals surface area contributed by atoms with E-state index in [9.17, 15) is 0 Å². The molecule has 0 unspecified atom stereocenters. The highest BCUT2D eigenvalue weighted by Crippen LogP contribution is 2.22. The average Bonchev–Trinajstić information content (AvgIpc) is 2.90. The summed E-state index contributed by atoms with van der Waals surface area (Å²) in [5, 5.41) is 4.25. The van der Waals surface area contributed by atoms with Crippen molar-refractivity contribution in [1.29, 1.82) is 0 Å². The van der Waals surface area contributed by atoms with Crippen molar-refractivity contribution in [2.45, 2.75) is 0 Å². The molecule has 2 heterocycles. The molecule has 0 aliphatic carbocycles. The molecule has 0 spiro atoms. The molecule has 19 heavy (non-hydrogen) atoms. The Morgan fingerprint density at radius 1 is 0.895 bits per heavy atom. The van der Waals surface area contributed by atoms with E-state index in [1.54, 1.807) is 17.2 Å². The van der Waals surface area contributed by atoms with Gasteiger partial charge in [-0.05, 0) is 40.2 Å². The molecule has 0 amide bonds. The van der Waals surface area contributed by atoms with Crippen molar-refractivity contribution >= 4 is 31.9 Å². The third kappa shape index (κ3) is 2.59. The first-order valence-corrected chi connectivity index (χ1v) is 7.10. The Bertz CT molecular complexity index is 629. The molecule has 0 N–H and O–H groups in total. The van der Waals surface area contributed by atoms with Crippen LogP contribution in [0.1, 0.15) is 0 Å². The van der Waals surface area contributed by atoms with Gasteiger partial charge in [-0.15, -0.1) is 0 Å². The zero-order valence-corrected chi connectivity index (χ0v) is 12.8. The third-order valence-electron chi connectivity index (χ3n) is 2.61. The van der Waals surface area contributed by atoms with Gasteiger partial charge < -0.3 is 0 Å². The molecule has 0 aliphatic rings. The zero-order valence-electron chi connectivity index (χ0n) is 9.66. The molecule has 3 rings (SSSR count). The fourth-order valence-electron chi connectivity index (χ4n) is 1.72. The van der Waals surface area contributed by atoms with Crippen molar-refractivity contribution in [2.75, 3.05) is 0 Å². The van der Waals surface area contributed by atoms with Crippen LogP contribution in [0.3, 0.4) is 0 Å². The summed E-state index contributed by atoms with van der Waals surface area (Å²) in [6.07, 6.45) is 3.29. The summed E-state index contributed by atoms with van der Waals surface area (Å²) < 4.78 is 3.59. The Kier molecular flexibility index (Phi) is 3.44. The summed E-state index contributed by atoms with van der Waals surface area (Å²) >= 11 is 6.74. The molecule has 0 fully saturated rings. The first kappa shape index (κ1) is 12.5. The van der Waals surface area contributed by atoms with Crippen LogP contribution in [0.5, 0.6) is 0 Å². The highest BCUT2D eigenvalue weighted by Gasteiger charge is 2.09. The second-order valence-electron chi connectivity index (χ2n) is 3.84. The maximum atomic E-state index is 4.31. The molecule has 0 saturated carbocycles. The number of nitrogens with zero attached hydrogens (tertiary/aromatic N) is 4. The predicted octanol–water partition coefficient (Wildman–Crippen LogP) is 3.85. The van der Waals surface area contributed by atoms with Gasteiger partial charge in [0.1, 0.15) is 10.9 Å². The Morgan fingerprint density at radius 3 is 2.37 bits per heavy atom. The van der Waals surface area contributed by atoms with E-state index in [4.69, 9.17) is 0 Å². The van der Waals surface area contributed by atoms with Gasteiger partial charge in [-0.25, -0.2) is 14.6 Å². The van der Waals surface area contributed by atoms with E-state index in [1.807, 2.05) is 36.4 Å². The minimum absolute atomic E-state index is 0.789. The fraction of sp³-hybridized carbons (Fsp3) is 0. The van der Waals surface area contributed by atoms with Gasteiger partial charge in [-0.2, -0.15) is 5.10 Å². The molecule has 0 bridgehead atoms. The minimum Gasteiger partial charge on any atom is -0.247 e. The van der Waals surface area contributed by atoms with Crippen molar-refractivity contribution in [2.24, 2.45) is 0 Å². The molecule has 6 heteroatoms. The van der Waals surface area contributed by atoms with E-state index in [-0.39, 0.29) is 0 Å². The van der Waals surface area contributed by atoms with Crippen LogP contribution in [0.25, 0.3) is 17.1 Å². The highest BCUT2D eigenvalue weighted by molar-refractivity contribution is 9.10. The zero-order chi connectivity index (χ0) is 13.2. The number of hydrogen-bond acceptors (Lipinski definition) is 3. The Balaban J connectivity index is 2.07. The van der Waals surface area contributed by atoms with E-state index in [0.29, 0.717) is 0 Å². The lowest BCUT2D eigenvalue weighted by molar-refractivity contribution is 0.879. The van der Waals surface area contributed by atoms with Crippen LogP contribution in [0.2, 0.25) is 0 Å². The SMILES string of the molecule is Brc1ccc(-c2ncnn2-c2ccc(Br)nc2)cc1. The molecular weight excluding hydrogens is 372 g/mol. The van der Waals surface area contributed by atoms with Crippen LogP contribution in [-0.4, -0.2) is 19.7 Å². The predicted molar refractivity (Wildman–Crippen MR) is 80.0 cm³/mol. The molecule has 0 radical (unpaired) electrons. The van der Waals surface area contributed by atoms with Gasteiger partial charge in [-0.1, -0.05) is 28.1 Å². The molecule has 3 aromatic rings. The van der Waals surface area contributed by atoms with Crippen LogP contribution in [0.15, 0.2) is 58.0 Å². The normalized spacial score (nSPS) is 10.6. The molecule has 2 aromatic heterocycles. The van der Waals surface area contributed by atoms with Crippen molar-refractivity contribution in [3.63, 3.8) is 0 Å². The Morgan fingerprint density at radius 2 is 1.68 bits per heavy atom. The topological polar surface area (TPSA) is 43.6 Å². The monoisotopic (exact) mass is 378 g/mol. The lowest BCUT2D eigenvalue weighted by atomic mass is 10.2. The van der Waals surface area contributed by atoms with Crippen LogP contribution < -0.4 is 0 Å². The summed E-state index contributed by atoms with van der Waals surface area (Å²) in [4.78, 5) is 8.52. The third-order valence-corrected chi connectivity index (χ3v) is 3.60. The number of pyridine rings is 1. The lowest BCUT2D eigenvalue weighted by Crippen LogP contribution is -2.00. The summed E-state index contributed by atoms with van der Waals surface area (Å²) in [5.41, 5.74) is 1.88. The van der Waals surface area contributed by atoms with Crippen molar-refractivity contribution < 1.29 is 0 Å². The molecule has 1 aromatic carbocycles. The van der Waals surface area contributed by atoms with Gasteiger partial charge in [0.25, 0.3) is 0 Å². The number of rotatable bonds is 2. The van der Waals surface area contributed by atoms with Gasteiger partial charge >= 0.3 is 0 Å². The Hall–Kier alpha value is -1.53. The average molecular weight is 380 g/mol. The highest BCUT2D eigenvalue weighted by atomic mass is 79.9. The standard InChI is InChI=1S/C13H8Br2N4/c14-10-3-1-9(2-4-10)13-17-8-18-19(13)11-5-6-12(15)16-7-11/h1-8H. The maximum Gasteiger partial charge on any atom is 0.163 e. The second-order valence-corrected chi connectivity index (χ2v) is 5.57. The number of benzene rings is 1.